The minimum atomic E-state index is -0.625. The van der Waals surface area contributed by atoms with Crippen molar-refractivity contribution in [3.05, 3.63) is 35.9 Å². The number of nitrogens with one attached hydrogen (secondary N) is 1. The van der Waals surface area contributed by atoms with Crippen LogP contribution in [0.4, 0.5) is 5.82 Å². The van der Waals surface area contributed by atoms with Gasteiger partial charge in [0, 0.05) is 11.9 Å². The van der Waals surface area contributed by atoms with Crippen LogP contribution in [0.2, 0.25) is 0 Å². The van der Waals surface area contributed by atoms with Gasteiger partial charge in [-0.15, -0.1) is 0 Å². The Labute approximate surface area is 111 Å². The highest BCUT2D eigenvalue weighted by atomic mass is 16.3. The van der Waals surface area contributed by atoms with Gasteiger partial charge in [-0.1, -0.05) is 18.2 Å². The van der Waals surface area contributed by atoms with Crippen LogP contribution in [-0.4, -0.2) is 22.2 Å². The highest BCUT2D eigenvalue weighted by Gasteiger charge is 2.34. The summed E-state index contributed by atoms with van der Waals surface area (Å²) in [4.78, 5) is 4.46. The molecule has 2 aromatic rings. The second-order valence-electron chi connectivity index (χ2n) is 5.12. The Hall–Kier alpha value is -2.12. The molecule has 0 amide bonds. The molecule has 1 aromatic carbocycles. The normalized spacial score (nSPS) is 16.6. The van der Waals surface area contributed by atoms with Crippen LogP contribution in [0.3, 0.4) is 0 Å². The van der Waals surface area contributed by atoms with Crippen LogP contribution in [0.15, 0.2) is 30.3 Å². The molecule has 4 heteroatoms. The van der Waals surface area contributed by atoms with Crippen LogP contribution >= 0.6 is 0 Å². The Bertz CT molecular complexity index is 656. The van der Waals surface area contributed by atoms with E-state index in [0.717, 1.165) is 30.2 Å². The number of fused-ring (bicyclic) bond motifs is 1. The molecule has 19 heavy (non-hydrogen) atoms. The molecule has 0 bridgehead atoms. The summed E-state index contributed by atoms with van der Waals surface area (Å²) in [6.45, 7) is 0.451. The maximum Gasteiger partial charge on any atom is 0.144 e. The first kappa shape index (κ1) is 11.9. The zero-order chi connectivity index (χ0) is 13.3. The number of nitrogens with zero attached hydrogens (tertiary/aromatic N) is 2. The molecule has 1 aromatic heterocycles. The van der Waals surface area contributed by atoms with Crippen molar-refractivity contribution in [2.45, 2.75) is 24.9 Å². The van der Waals surface area contributed by atoms with Gasteiger partial charge in [0.05, 0.1) is 16.7 Å². The number of pyridine rings is 1. The Kier molecular flexibility index (Phi) is 2.84. The number of hydrogen-bond donors (Lipinski definition) is 2. The van der Waals surface area contributed by atoms with E-state index in [1.165, 1.54) is 0 Å². The van der Waals surface area contributed by atoms with E-state index in [4.69, 9.17) is 0 Å². The molecule has 0 spiro atoms. The standard InChI is InChI=1S/C15H15N3O/c16-9-12-8-11-4-1-2-5-13(11)18-14(12)17-10-15(19)6-3-7-15/h1-2,4-5,8,19H,3,6-7,10H2,(H,17,18). The van der Waals surface area contributed by atoms with Crippen LogP contribution in [0.25, 0.3) is 10.9 Å². The lowest BCUT2D eigenvalue weighted by atomic mass is 9.80. The van der Waals surface area contributed by atoms with Crippen LogP contribution < -0.4 is 5.32 Å². The zero-order valence-electron chi connectivity index (χ0n) is 10.6. The fourth-order valence-corrected chi connectivity index (χ4v) is 2.35. The summed E-state index contributed by atoms with van der Waals surface area (Å²) >= 11 is 0. The van der Waals surface area contributed by atoms with Crippen molar-refractivity contribution in [3.8, 4) is 6.07 Å². The smallest absolute Gasteiger partial charge is 0.144 e. The Morgan fingerprint density at radius 1 is 1.37 bits per heavy atom. The van der Waals surface area contributed by atoms with E-state index in [9.17, 15) is 10.4 Å². The second kappa shape index (κ2) is 4.52. The van der Waals surface area contributed by atoms with Gasteiger partial charge in [-0.3, -0.25) is 0 Å². The molecule has 0 aliphatic heterocycles. The quantitative estimate of drug-likeness (QED) is 0.881. The minimum absolute atomic E-state index is 0.451. The van der Waals surface area contributed by atoms with Gasteiger partial charge in [-0.2, -0.15) is 5.26 Å². The molecular weight excluding hydrogens is 238 g/mol. The van der Waals surface area contributed by atoms with Gasteiger partial charge in [-0.05, 0) is 31.4 Å². The first-order chi connectivity index (χ1) is 9.20. The first-order valence-corrected chi connectivity index (χ1v) is 6.46. The van der Waals surface area contributed by atoms with Crippen LogP contribution in [0.5, 0.6) is 0 Å². The zero-order valence-corrected chi connectivity index (χ0v) is 10.6. The lowest BCUT2D eigenvalue weighted by molar-refractivity contribution is -0.0202. The average molecular weight is 253 g/mol. The Morgan fingerprint density at radius 3 is 2.84 bits per heavy atom. The van der Waals surface area contributed by atoms with Crippen molar-refractivity contribution in [2.24, 2.45) is 0 Å². The highest BCUT2D eigenvalue weighted by Crippen LogP contribution is 2.32. The third kappa shape index (κ3) is 2.25. The summed E-state index contributed by atoms with van der Waals surface area (Å²) < 4.78 is 0. The van der Waals surface area contributed by atoms with E-state index in [1.54, 1.807) is 0 Å². The van der Waals surface area contributed by atoms with E-state index in [0.29, 0.717) is 17.9 Å². The maximum absolute atomic E-state index is 10.1. The fourth-order valence-electron chi connectivity index (χ4n) is 2.35. The Morgan fingerprint density at radius 2 is 2.16 bits per heavy atom. The average Bonchev–Trinajstić information content (AvgIpc) is 2.42. The number of benzene rings is 1. The molecular formula is C15H15N3O. The molecule has 3 rings (SSSR count). The van der Waals surface area contributed by atoms with Crippen LogP contribution in [0.1, 0.15) is 24.8 Å². The number of nitriles is 1. The molecule has 96 valence electrons. The Balaban J connectivity index is 1.91. The van der Waals surface area contributed by atoms with Crippen molar-refractivity contribution in [3.63, 3.8) is 0 Å². The lowest BCUT2D eigenvalue weighted by Gasteiger charge is -2.36. The number of para-hydroxylation sites is 1. The molecule has 0 saturated heterocycles. The minimum Gasteiger partial charge on any atom is -0.388 e. The molecule has 1 saturated carbocycles. The maximum atomic E-state index is 10.1. The highest BCUT2D eigenvalue weighted by molar-refractivity contribution is 5.82. The number of rotatable bonds is 3. The van der Waals surface area contributed by atoms with Gasteiger partial charge in [0.25, 0.3) is 0 Å². The summed E-state index contributed by atoms with van der Waals surface area (Å²) in [5, 5.41) is 23.3. The van der Waals surface area contributed by atoms with Crippen LogP contribution in [0, 0.1) is 11.3 Å². The molecule has 2 N–H and O–H groups in total. The summed E-state index contributed by atoms with van der Waals surface area (Å²) in [6, 6.07) is 11.7. The van der Waals surface area contributed by atoms with Gasteiger partial charge in [0.15, 0.2) is 0 Å². The molecule has 0 atom stereocenters. The molecule has 4 nitrogen and oxygen atoms in total. The predicted octanol–water partition coefficient (Wildman–Crippen LogP) is 2.43. The predicted molar refractivity (Wildman–Crippen MR) is 73.7 cm³/mol. The second-order valence-corrected chi connectivity index (χ2v) is 5.12. The van der Waals surface area contributed by atoms with Crippen molar-refractivity contribution < 1.29 is 5.11 Å². The van der Waals surface area contributed by atoms with Gasteiger partial charge in [0.2, 0.25) is 0 Å². The number of aromatic nitrogens is 1. The van der Waals surface area contributed by atoms with E-state index in [1.807, 2.05) is 30.3 Å². The van der Waals surface area contributed by atoms with E-state index >= 15 is 0 Å². The topological polar surface area (TPSA) is 68.9 Å². The molecule has 1 heterocycles. The third-order valence-electron chi connectivity index (χ3n) is 3.71. The van der Waals surface area contributed by atoms with Gasteiger partial charge in [0.1, 0.15) is 11.9 Å². The molecule has 0 radical (unpaired) electrons. The molecule has 1 fully saturated rings. The van der Waals surface area contributed by atoms with E-state index in [-0.39, 0.29) is 0 Å². The number of aliphatic hydroxyl groups is 1. The third-order valence-corrected chi connectivity index (χ3v) is 3.71. The summed E-state index contributed by atoms with van der Waals surface area (Å²) in [5.41, 5.74) is 0.742. The molecule has 0 unspecified atom stereocenters. The van der Waals surface area contributed by atoms with E-state index < -0.39 is 5.60 Å². The van der Waals surface area contributed by atoms with Gasteiger partial charge in [-0.25, -0.2) is 4.98 Å². The molecule has 1 aliphatic carbocycles. The fraction of sp³-hybridized carbons (Fsp3) is 0.333. The molecule has 1 aliphatic rings. The van der Waals surface area contributed by atoms with Crippen molar-refractivity contribution in [2.75, 3.05) is 11.9 Å². The largest absolute Gasteiger partial charge is 0.388 e. The summed E-state index contributed by atoms with van der Waals surface area (Å²) in [5.74, 6) is 0.557. The lowest BCUT2D eigenvalue weighted by Crippen LogP contribution is -2.43. The number of anilines is 1. The monoisotopic (exact) mass is 253 g/mol. The van der Waals surface area contributed by atoms with Crippen LogP contribution in [-0.2, 0) is 0 Å². The first-order valence-electron chi connectivity index (χ1n) is 6.46. The van der Waals surface area contributed by atoms with Crippen molar-refractivity contribution >= 4 is 16.7 Å². The SMILES string of the molecule is N#Cc1cc2ccccc2nc1NCC1(O)CCC1. The number of hydrogen-bond acceptors (Lipinski definition) is 4. The van der Waals surface area contributed by atoms with Crippen molar-refractivity contribution in [1.82, 2.24) is 4.98 Å². The van der Waals surface area contributed by atoms with Gasteiger partial charge >= 0.3 is 0 Å². The summed E-state index contributed by atoms with van der Waals surface area (Å²) in [6.07, 6.45) is 2.69. The van der Waals surface area contributed by atoms with Gasteiger partial charge < -0.3 is 10.4 Å². The van der Waals surface area contributed by atoms with Crippen molar-refractivity contribution in [1.29, 1.82) is 5.26 Å². The van der Waals surface area contributed by atoms with E-state index in [2.05, 4.69) is 16.4 Å². The summed E-state index contributed by atoms with van der Waals surface area (Å²) in [7, 11) is 0.